The summed E-state index contributed by atoms with van der Waals surface area (Å²) in [7, 11) is 0.738. The van der Waals surface area contributed by atoms with Crippen molar-refractivity contribution in [2.75, 3.05) is 0 Å². The number of halogens is 1. The van der Waals surface area contributed by atoms with Crippen LogP contribution in [0, 0.1) is 5.41 Å². The maximum Gasteiger partial charge on any atom is 0.146 e. The van der Waals surface area contributed by atoms with E-state index in [1.807, 2.05) is 13.8 Å². The minimum Gasteiger partial charge on any atom is -0.421 e. The molecule has 0 amide bonds. The van der Waals surface area contributed by atoms with Gasteiger partial charge in [-0.15, -0.1) is 0 Å². The van der Waals surface area contributed by atoms with Crippen LogP contribution in [0.1, 0.15) is 41.5 Å². The van der Waals surface area contributed by atoms with Crippen LogP contribution >= 0.6 is 15.9 Å². The fourth-order valence-electron chi connectivity index (χ4n) is 1.80. The predicted molar refractivity (Wildman–Crippen MR) is 74.2 cm³/mol. The van der Waals surface area contributed by atoms with Crippen molar-refractivity contribution in [3.8, 4) is 0 Å². The molecule has 0 saturated heterocycles. The molecule has 0 saturated carbocycles. The van der Waals surface area contributed by atoms with E-state index in [-0.39, 0.29) is 17.1 Å². The molecule has 0 radical (unpaired) electrons. The third-order valence-corrected chi connectivity index (χ3v) is 4.45. The topological polar surface area (TPSA) is 35.2 Å². The molecule has 1 unspecified atom stereocenters. The van der Waals surface area contributed by atoms with Gasteiger partial charge < -0.3 is 10.2 Å². The fourth-order valence-corrected chi connectivity index (χ4v) is 3.07. The Bertz CT molecular complexity index is 250. The van der Waals surface area contributed by atoms with Gasteiger partial charge in [-0.3, -0.25) is 0 Å². The maximum atomic E-state index is 6.07. The molecule has 0 bridgehead atoms. The first-order valence-corrected chi connectivity index (χ1v) is 6.81. The molecular weight excluding hydrogens is 270 g/mol. The largest absolute Gasteiger partial charge is 0.421 e. The number of hydrogen-bond acceptors (Lipinski definition) is 2. The third kappa shape index (κ3) is 4.39. The highest BCUT2D eigenvalue weighted by molar-refractivity contribution is 9.11. The Hall–Kier alpha value is 0.357. The SMILES string of the molecule is CC(=C(Br)C(C)(C)N)C(O[SiH3])C(C)(C)C. The number of hydrogen-bond donors (Lipinski definition) is 1. The van der Waals surface area contributed by atoms with Crippen molar-refractivity contribution in [1.29, 1.82) is 0 Å². The number of nitrogens with two attached hydrogens (primary N) is 1. The van der Waals surface area contributed by atoms with Crippen molar-refractivity contribution in [3.05, 3.63) is 10.1 Å². The van der Waals surface area contributed by atoms with Crippen LogP contribution in [-0.2, 0) is 4.43 Å². The molecule has 0 rings (SSSR count). The summed E-state index contributed by atoms with van der Waals surface area (Å²) in [6.07, 6.45) is 0.140. The minimum absolute atomic E-state index is 0.107. The van der Waals surface area contributed by atoms with Crippen molar-refractivity contribution >= 4 is 26.4 Å². The monoisotopic (exact) mass is 293 g/mol. The molecule has 4 heteroatoms. The number of rotatable bonds is 3. The van der Waals surface area contributed by atoms with Crippen molar-refractivity contribution < 1.29 is 4.43 Å². The van der Waals surface area contributed by atoms with E-state index in [0.717, 1.165) is 15.0 Å². The van der Waals surface area contributed by atoms with Crippen LogP contribution in [0.3, 0.4) is 0 Å². The van der Waals surface area contributed by atoms with Gasteiger partial charge in [0, 0.05) is 10.0 Å². The summed E-state index contributed by atoms with van der Waals surface area (Å²) in [6, 6.07) is 0. The Balaban J connectivity index is 5.20. The van der Waals surface area contributed by atoms with E-state index in [1.54, 1.807) is 0 Å². The molecule has 15 heavy (non-hydrogen) atoms. The predicted octanol–water partition coefficient (Wildman–Crippen LogP) is 2.10. The van der Waals surface area contributed by atoms with E-state index in [4.69, 9.17) is 10.2 Å². The molecule has 0 aromatic heterocycles. The van der Waals surface area contributed by atoms with Crippen molar-refractivity contribution in [3.63, 3.8) is 0 Å². The first kappa shape index (κ1) is 15.4. The smallest absolute Gasteiger partial charge is 0.146 e. The first-order chi connectivity index (χ1) is 6.51. The van der Waals surface area contributed by atoms with Crippen LogP contribution in [0.5, 0.6) is 0 Å². The van der Waals surface area contributed by atoms with Crippen molar-refractivity contribution in [2.24, 2.45) is 11.1 Å². The zero-order valence-corrected chi connectivity index (χ0v) is 14.5. The average molecular weight is 294 g/mol. The van der Waals surface area contributed by atoms with E-state index in [0.29, 0.717) is 0 Å². The quantitative estimate of drug-likeness (QED) is 0.809. The summed E-state index contributed by atoms with van der Waals surface area (Å²) in [5.41, 5.74) is 7.03. The van der Waals surface area contributed by atoms with E-state index >= 15 is 0 Å². The molecule has 0 aliphatic rings. The molecule has 2 nitrogen and oxygen atoms in total. The van der Waals surface area contributed by atoms with Crippen LogP contribution < -0.4 is 5.73 Å². The second-order valence-electron chi connectivity index (χ2n) is 5.70. The van der Waals surface area contributed by atoms with Gasteiger partial charge in [-0.2, -0.15) is 0 Å². The Morgan fingerprint density at radius 1 is 1.27 bits per heavy atom. The summed E-state index contributed by atoms with van der Waals surface area (Å²) in [5, 5.41) is 0. The summed E-state index contributed by atoms with van der Waals surface area (Å²) in [4.78, 5) is 0. The lowest BCUT2D eigenvalue weighted by Crippen LogP contribution is -2.37. The Morgan fingerprint density at radius 3 is 1.87 bits per heavy atom. The molecule has 0 aliphatic heterocycles. The molecular formula is C11H24BrNOSi. The molecule has 0 fully saturated rings. The van der Waals surface area contributed by atoms with Crippen LogP contribution in [0.2, 0.25) is 0 Å². The zero-order chi connectivity index (χ0) is 12.4. The van der Waals surface area contributed by atoms with Gasteiger partial charge in [0.1, 0.15) is 10.5 Å². The summed E-state index contributed by atoms with van der Waals surface area (Å²) >= 11 is 3.59. The standard InChI is InChI=1S/C11H24BrNOSi/c1-7(8(12)11(5,6)13)9(14-15)10(2,3)4/h9H,13H2,1-6,15H3. The van der Waals surface area contributed by atoms with Crippen LogP contribution in [0.4, 0.5) is 0 Å². The van der Waals surface area contributed by atoms with Crippen LogP contribution in [-0.4, -0.2) is 22.1 Å². The van der Waals surface area contributed by atoms with Gasteiger partial charge in [0.15, 0.2) is 0 Å². The van der Waals surface area contributed by atoms with E-state index < -0.39 is 0 Å². The highest BCUT2D eigenvalue weighted by Gasteiger charge is 2.29. The normalized spacial score (nSPS) is 17.6. The van der Waals surface area contributed by atoms with Gasteiger partial charge in [0.2, 0.25) is 0 Å². The second-order valence-corrected chi connectivity index (χ2v) is 6.96. The molecule has 1 atom stereocenters. The molecule has 0 aromatic rings. The third-order valence-electron chi connectivity index (χ3n) is 2.33. The Kier molecular flexibility index (Phi) is 5.25. The van der Waals surface area contributed by atoms with E-state index in [1.165, 1.54) is 5.57 Å². The highest BCUT2D eigenvalue weighted by Crippen LogP contribution is 2.33. The maximum absolute atomic E-state index is 6.07. The lowest BCUT2D eigenvalue weighted by atomic mass is 9.83. The second kappa shape index (κ2) is 5.12. The van der Waals surface area contributed by atoms with Gasteiger partial charge in [-0.1, -0.05) is 36.7 Å². The average Bonchev–Trinajstić information content (AvgIpc) is 1.99. The molecule has 0 aliphatic carbocycles. The molecule has 90 valence electrons. The fraction of sp³-hybridized carbons (Fsp3) is 0.818. The molecule has 2 N–H and O–H groups in total. The highest BCUT2D eigenvalue weighted by atomic mass is 79.9. The Labute approximate surface area is 105 Å². The minimum atomic E-state index is -0.340. The van der Waals surface area contributed by atoms with Crippen LogP contribution in [0.25, 0.3) is 0 Å². The van der Waals surface area contributed by atoms with E-state index in [2.05, 4.69) is 43.6 Å². The lowest BCUT2D eigenvalue weighted by Gasteiger charge is -2.33. The van der Waals surface area contributed by atoms with Gasteiger partial charge in [-0.25, -0.2) is 0 Å². The lowest BCUT2D eigenvalue weighted by molar-refractivity contribution is 0.128. The first-order valence-electron chi connectivity index (χ1n) is 5.20. The zero-order valence-electron chi connectivity index (χ0n) is 10.9. The molecule has 0 heterocycles. The Morgan fingerprint density at radius 2 is 1.67 bits per heavy atom. The van der Waals surface area contributed by atoms with E-state index in [9.17, 15) is 0 Å². The summed E-state index contributed by atoms with van der Waals surface area (Å²) in [5.74, 6) is 0. The van der Waals surface area contributed by atoms with Gasteiger partial charge >= 0.3 is 0 Å². The van der Waals surface area contributed by atoms with Crippen molar-refractivity contribution in [2.45, 2.75) is 53.2 Å². The van der Waals surface area contributed by atoms with Crippen LogP contribution in [0.15, 0.2) is 10.1 Å². The van der Waals surface area contributed by atoms with Crippen molar-refractivity contribution in [1.82, 2.24) is 0 Å². The van der Waals surface area contributed by atoms with Gasteiger partial charge in [-0.05, 0) is 31.8 Å². The molecule has 0 aromatic carbocycles. The van der Waals surface area contributed by atoms with Gasteiger partial charge in [0.25, 0.3) is 0 Å². The summed E-state index contributed by atoms with van der Waals surface area (Å²) < 4.78 is 6.74. The van der Waals surface area contributed by atoms with Gasteiger partial charge in [0.05, 0.1) is 6.10 Å². The summed E-state index contributed by atoms with van der Waals surface area (Å²) in [6.45, 7) is 12.6. The molecule has 0 spiro atoms.